The minimum absolute atomic E-state index is 0. The molecule has 1 aromatic heterocycles. The molecular weight excluding hydrogens is 406 g/mol. The van der Waals surface area contributed by atoms with Crippen LogP contribution in [0.5, 0.6) is 0 Å². The first kappa shape index (κ1) is 17.9. The Labute approximate surface area is 160 Å². The van der Waals surface area contributed by atoms with Crippen LogP contribution >= 0.6 is 28.3 Å². The maximum Gasteiger partial charge on any atom is 0.331 e. The van der Waals surface area contributed by atoms with E-state index < -0.39 is 0 Å². The van der Waals surface area contributed by atoms with Crippen molar-refractivity contribution in [2.75, 3.05) is 18.0 Å². The summed E-state index contributed by atoms with van der Waals surface area (Å²) < 4.78 is 1.02. The summed E-state index contributed by atoms with van der Waals surface area (Å²) in [5, 5.41) is 0. The van der Waals surface area contributed by atoms with Crippen LogP contribution in [0.4, 0.5) is 10.6 Å². The normalized spacial score (nSPS) is 18.6. The number of hydrogen-bond donors (Lipinski definition) is 1. The zero-order chi connectivity index (χ0) is 16.8. The monoisotopic (exact) mass is 423 g/mol. The molecule has 25 heavy (non-hydrogen) atoms. The predicted molar refractivity (Wildman–Crippen MR) is 105 cm³/mol. The van der Waals surface area contributed by atoms with E-state index in [-0.39, 0.29) is 24.5 Å². The average molecular weight is 425 g/mol. The van der Waals surface area contributed by atoms with Crippen molar-refractivity contribution < 1.29 is 4.79 Å². The topological polar surface area (TPSA) is 64.6 Å². The van der Waals surface area contributed by atoms with E-state index in [1.54, 1.807) is 9.80 Å². The molecule has 1 unspecified atom stereocenters. The number of aliphatic imine (C=N–C) groups is 1. The van der Waals surface area contributed by atoms with Gasteiger partial charge in [0.15, 0.2) is 11.7 Å². The molecule has 2 aromatic rings. The lowest BCUT2D eigenvalue weighted by molar-refractivity contribution is 0.227. The molecule has 0 fully saturated rings. The van der Waals surface area contributed by atoms with Gasteiger partial charge >= 0.3 is 6.03 Å². The number of carbonyl (C=O) groups is 1. The number of amidine groups is 1. The molecule has 3 heterocycles. The maximum absolute atomic E-state index is 12.8. The average Bonchev–Trinajstić information content (AvgIpc) is 3.20. The number of amides is 2. The Hall–Kier alpha value is -1.86. The molecule has 1 N–H and O–H groups in total. The van der Waals surface area contributed by atoms with Gasteiger partial charge in [-0.1, -0.05) is 35.0 Å². The Bertz CT molecular complexity index is 832. The van der Waals surface area contributed by atoms with Gasteiger partial charge in [0.1, 0.15) is 11.5 Å². The van der Waals surface area contributed by atoms with Crippen molar-refractivity contribution in [3.05, 3.63) is 34.4 Å². The lowest BCUT2D eigenvalue weighted by Gasteiger charge is -2.31. The first-order valence-corrected chi connectivity index (χ1v) is 8.94. The lowest BCUT2D eigenvalue weighted by atomic mass is 10.2. The molecule has 0 bridgehead atoms. The molecule has 1 aromatic carbocycles. The summed E-state index contributed by atoms with van der Waals surface area (Å²) in [5.41, 5.74) is 1.82. The minimum Gasteiger partial charge on any atom is -0.334 e. The summed E-state index contributed by atoms with van der Waals surface area (Å²) in [6.07, 6.45) is 0.919. The van der Waals surface area contributed by atoms with Crippen molar-refractivity contribution in [1.29, 1.82) is 0 Å². The zero-order valence-corrected chi connectivity index (χ0v) is 16.4. The first-order chi connectivity index (χ1) is 11.6. The van der Waals surface area contributed by atoms with Gasteiger partial charge in [-0.15, -0.1) is 12.4 Å². The first-order valence-electron chi connectivity index (χ1n) is 8.15. The summed E-state index contributed by atoms with van der Waals surface area (Å²) in [5.74, 6) is 2.15. The van der Waals surface area contributed by atoms with E-state index in [9.17, 15) is 4.79 Å². The fraction of sp³-hybridized carbons (Fsp3) is 0.353. The highest BCUT2D eigenvalue weighted by molar-refractivity contribution is 9.10. The van der Waals surface area contributed by atoms with Gasteiger partial charge in [-0.2, -0.15) is 0 Å². The fourth-order valence-electron chi connectivity index (χ4n) is 3.15. The van der Waals surface area contributed by atoms with Gasteiger partial charge in [0.05, 0.1) is 12.6 Å². The number of nitrogens with zero attached hydrogens (tertiary/aromatic N) is 4. The quantitative estimate of drug-likeness (QED) is 0.807. The van der Waals surface area contributed by atoms with Gasteiger partial charge in [-0.05, 0) is 25.5 Å². The van der Waals surface area contributed by atoms with Crippen LogP contribution in [0, 0.1) is 0 Å². The van der Waals surface area contributed by atoms with E-state index >= 15 is 0 Å². The third-order valence-corrected chi connectivity index (χ3v) is 5.01. The van der Waals surface area contributed by atoms with Crippen LogP contribution in [0.3, 0.4) is 0 Å². The maximum atomic E-state index is 12.8. The van der Waals surface area contributed by atoms with E-state index in [0.29, 0.717) is 18.9 Å². The predicted octanol–water partition coefficient (Wildman–Crippen LogP) is 4.06. The largest absolute Gasteiger partial charge is 0.334 e. The smallest absolute Gasteiger partial charge is 0.331 e. The number of urea groups is 1. The number of aromatic amines is 1. The molecule has 0 saturated carbocycles. The molecule has 2 amide bonds. The third kappa shape index (κ3) is 2.85. The van der Waals surface area contributed by atoms with Crippen LogP contribution in [-0.2, 0) is 0 Å². The molecule has 6 nitrogen and oxygen atoms in total. The SMILES string of the molecule is CCC1CN2C(=O)N(CC)c3nc(-c4ccc(Br)cc4)[nH]c3C2=N1.Cl. The summed E-state index contributed by atoms with van der Waals surface area (Å²) in [4.78, 5) is 29.0. The number of fused-ring (bicyclic) bond motifs is 3. The number of anilines is 1. The minimum atomic E-state index is -0.0337. The summed E-state index contributed by atoms with van der Waals surface area (Å²) >= 11 is 3.45. The Morgan fingerprint density at radius 1 is 1.28 bits per heavy atom. The second-order valence-electron chi connectivity index (χ2n) is 5.94. The van der Waals surface area contributed by atoms with Gasteiger partial charge in [0.25, 0.3) is 0 Å². The van der Waals surface area contributed by atoms with Crippen LogP contribution < -0.4 is 4.90 Å². The second-order valence-corrected chi connectivity index (χ2v) is 6.86. The van der Waals surface area contributed by atoms with Gasteiger partial charge in [0, 0.05) is 16.6 Å². The molecule has 1 atom stereocenters. The van der Waals surface area contributed by atoms with E-state index in [0.717, 1.165) is 33.8 Å². The van der Waals surface area contributed by atoms with Crippen LogP contribution in [0.15, 0.2) is 33.7 Å². The zero-order valence-electron chi connectivity index (χ0n) is 14.0. The summed E-state index contributed by atoms with van der Waals surface area (Å²) in [6, 6.07) is 8.07. The van der Waals surface area contributed by atoms with E-state index in [4.69, 9.17) is 9.98 Å². The van der Waals surface area contributed by atoms with Crippen molar-refractivity contribution in [1.82, 2.24) is 14.9 Å². The molecule has 2 aliphatic heterocycles. The Balaban J connectivity index is 0.00000182. The van der Waals surface area contributed by atoms with Gasteiger partial charge in [-0.25, -0.2) is 9.78 Å². The number of imidazole rings is 1. The molecule has 4 rings (SSSR count). The number of halogens is 2. The molecule has 0 radical (unpaired) electrons. The van der Waals surface area contributed by atoms with Crippen LogP contribution in [0.2, 0.25) is 0 Å². The second kappa shape index (κ2) is 6.80. The third-order valence-electron chi connectivity index (χ3n) is 4.48. The van der Waals surface area contributed by atoms with Crippen molar-refractivity contribution in [2.45, 2.75) is 26.3 Å². The van der Waals surface area contributed by atoms with Crippen LogP contribution in [-0.4, -0.2) is 45.9 Å². The van der Waals surface area contributed by atoms with Gasteiger partial charge < -0.3 is 4.98 Å². The molecule has 2 aliphatic rings. The number of benzene rings is 1. The Kier molecular flexibility index (Phi) is 4.88. The van der Waals surface area contributed by atoms with Crippen LogP contribution in [0.1, 0.15) is 26.0 Å². The number of rotatable bonds is 3. The van der Waals surface area contributed by atoms with Crippen molar-refractivity contribution >= 4 is 46.0 Å². The lowest BCUT2D eigenvalue weighted by Crippen LogP contribution is -2.50. The Morgan fingerprint density at radius 2 is 2.00 bits per heavy atom. The molecule has 8 heteroatoms. The van der Waals surface area contributed by atoms with E-state index in [1.165, 1.54) is 0 Å². The highest BCUT2D eigenvalue weighted by Crippen LogP contribution is 2.33. The number of carbonyl (C=O) groups excluding carboxylic acids is 1. The summed E-state index contributed by atoms with van der Waals surface area (Å²) in [6.45, 7) is 5.28. The number of aromatic nitrogens is 2. The molecule has 0 saturated heterocycles. The number of H-pyrrole nitrogens is 1. The van der Waals surface area contributed by atoms with Crippen molar-refractivity contribution in [2.24, 2.45) is 4.99 Å². The number of nitrogens with one attached hydrogen (secondary N) is 1. The van der Waals surface area contributed by atoms with Crippen molar-refractivity contribution in [3.8, 4) is 11.4 Å². The standard InChI is InChI=1S/C17H18BrN5O.ClH/c1-3-12-9-23-15(19-12)13-16(22(4-2)17(23)24)21-14(20-13)10-5-7-11(18)8-6-10;/h5-8,12H,3-4,9H2,1-2H3,(H,20,21);1H. The van der Waals surface area contributed by atoms with E-state index in [1.807, 2.05) is 31.2 Å². The highest BCUT2D eigenvalue weighted by atomic mass is 79.9. The molecule has 132 valence electrons. The highest BCUT2D eigenvalue weighted by Gasteiger charge is 2.41. The molecule has 0 spiro atoms. The Morgan fingerprint density at radius 3 is 2.64 bits per heavy atom. The van der Waals surface area contributed by atoms with Gasteiger partial charge in [0.2, 0.25) is 0 Å². The van der Waals surface area contributed by atoms with Gasteiger partial charge in [-0.3, -0.25) is 14.8 Å². The molecular formula is C17H19BrClN5O. The van der Waals surface area contributed by atoms with Crippen molar-refractivity contribution in [3.63, 3.8) is 0 Å². The molecule has 0 aliphatic carbocycles. The van der Waals surface area contributed by atoms with Crippen LogP contribution in [0.25, 0.3) is 11.4 Å². The number of hydrogen-bond acceptors (Lipinski definition) is 3. The fourth-order valence-corrected chi connectivity index (χ4v) is 3.41. The van der Waals surface area contributed by atoms with E-state index in [2.05, 4.69) is 27.8 Å². The summed E-state index contributed by atoms with van der Waals surface area (Å²) in [7, 11) is 0.